The monoisotopic (exact) mass is 472 g/mol. The van der Waals surface area contributed by atoms with Crippen LogP contribution in [0.1, 0.15) is 101 Å². The zero-order valence-electron chi connectivity index (χ0n) is 20.8. The molecule has 0 bridgehead atoms. The van der Waals surface area contributed by atoms with Crippen LogP contribution < -0.4 is 0 Å². The molecule has 4 rings (SSSR count). The van der Waals surface area contributed by atoms with Gasteiger partial charge in [-0.05, 0) is 105 Å². The molecule has 0 radical (unpaired) electrons. The maximum atomic E-state index is 10.6. The Hall–Kier alpha value is -0.940. The van der Waals surface area contributed by atoms with E-state index in [1.54, 1.807) is 16.9 Å². The van der Waals surface area contributed by atoms with Crippen molar-refractivity contribution in [2.24, 2.45) is 23.2 Å². The van der Waals surface area contributed by atoms with Crippen LogP contribution in [0.4, 0.5) is 0 Å². The van der Waals surface area contributed by atoms with Crippen molar-refractivity contribution in [2.75, 3.05) is 0 Å². The predicted molar refractivity (Wildman–Crippen MR) is 137 cm³/mol. The van der Waals surface area contributed by atoms with E-state index in [9.17, 15) is 15.3 Å². The van der Waals surface area contributed by atoms with Crippen molar-refractivity contribution in [3.05, 3.63) is 45.2 Å². The van der Waals surface area contributed by atoms with Gasteiger partial charge in [0.25, 0.3) is 0 Å². The van der Waals surface area contributed by atoms with Gasteiger partial charge < -0.3 is 15.3 Å². The Kier molecular flexibility index (Phi) is 8.21. The summed E-state index contributed by atoms with van der Waals surface area (Å²) in [5, 5.41) is 32.7. The van der Waals surface area contributed by atoms with Crippen molar-refractivity contribution >= 4 is 11.3 Å². The summed E-state index contributed by atoms with van der Waals surface area (Å²) >= 11 is 1.68. The average Bonchev–Trinajstić information content (AvgIpc) is 3.34. The molecule has 3 fully saturated rings. The molecular weight excluding hydrogens is 428 g/mol. The van der Waals surface area contributed by atoms with E-state index in [2.05, 4.69) is 44.4 Å². The fraction of sp³-hybridized carbons (Fsp3) is 0.724. The summed E-state index contributed by atoms with van der Waals surface area (Å²) in [5.41, 5.74) is 4.43. The molecule has 0 aromatic carbocycles. The van der Waals surface area contributed by atoms with Crippen LogP contribution in [0.3, 0.4) is 0 Å². The van der Waals surface area contributed by atoms with Crippen LogP contribution in [0.25, 0.3) is 0 Å². The van der Waals surface area contributed by atoms with Crippen molar-refractivity contribution in [3.8, 4) is 0 Å². The lowest BCUT2D eigenvalue weighted by atomic mass is 9.60. The molecule has 1 aromatic heterocycles. The fourth-order valence-corrected chi connectivity index (χ4v) is 8.27. The van der Waals surface area contributed by atoms with Crippen molar-refractivity contribution in [2.45, 2.75) is 110 Å². The molecule has 0 amide bonds. The van der Waals surface area contributed by atoms with Gasteiger partial charge in [0.15, 0.2) is 0 Å². The maximum Gasteiger partial charge on any atom is 0.0882 e. The van der Waals surface area contributed by atoms with Gasteiger partial charge in [0.2, 0.25) is 0 Å². The molecule has 1 aromatic rings. The van der Waals surface area contributed by atoms with E-state index < -0.39 is 12.2 Å². The highest BCUT2D eigenvalue weighted by atomic mass is 32.1. The Morgan fingerprint density at radius 2 is 1.91 bits per heavy atom. The Bertz CT molecular complexity index is 843. The van der Waals surface area contributed by atoms with Gasteiger partial charge >= 0.3 is 0 Å². The summed E-state index contributed by atoms with van der Waals surface area (Å²) in [7, 11) is 0. The van der Waals surface area contributed by atoms with Gasteiger partial charge in [0.05, 0.1) is 18.3 Å². The Morgan fingerprint density at radius 3 is 2.61 bits per heavy atom. The SMILES string of the molecule is Cc1csc([C@@H](O)CCC[C@@H](C)[C@H]2CC[C@H]3/C(=C/C=C4C[C@@H](O)C[C@H](O)C4)CCC[C@]23C)c1. The molecule has 33 heavy (non-hydrogen) atoms. The number of aryl methyl sites for hydroxylation is 1. The van der Waals surface area contributed by atoms with Crippen molar-refractivity contribution in [3.63, 3.8) is 0 Å². The summed E-state index contributed by atoms with van der Waals surface area (Å²) in [6, 6.07) is 2.13. The van der Waals surface area contributed by atoms with Crippen LogP contribution >= 0.6 is 11.3 Å². The van der Waals surface area contributed by atoms with Gasteiger partial charge in [-0.2, -0.15) is 0 Å². The minimum absolute atomic E-state index is 0.308. The quantitative estimate of drug-likeness (QED) is 0.406. The summed E-state index contributed by atoms with van der Waals surface area (Å²) in [4.78, 5) is 1.11. The molecule has 3 N–H and O–H groups in total. The van der Waals surface area contributed by atoms with Crippen LogP contribution in [-0.2, 0) is 0 Å². The average molecular weight is 473 g/mol. The third kappa shape index (κ3) is 5.83. The summed E-state index contributed by atoms with van der Waals surface area (Å²) in [6.45, 7) is 7.09. The largest absolute Gasteiger partial charge is 0.393 e. The first-order valence-electron chi connectivity index (χ1n) is 13.2. The highest BCUT2D eigenvalue weighted by Gasteiger charge is 2.50. The summed E-state index contributed by atoms with van der Waals surface area (Å²) in [5.74, 6) is 2.13. The second-order valence-corrected chi connectivity index (χ2v) is 12.5. The molecule has 4 heteroatoms. The first-order valence-corrected chi connectivity index (χ1v) is 14.1. The Morgan fingerprint density at radius 1 is 1.15 bits per heavy atom. The normalized spacial score (nSPS) is 35.5. The van der Waals surface area contributed by atoms with E-state index in [0.29, 0.717) is 36.5 Å². The number of aliphatic hydroxyl groups excluding tert-OH is 3. The standard InChI is InChI=1S/C29H44O3S/c1-19-14-28(33-18-19)27(32)8-4-6-20(2)25-11-12-26-22(7-5-13-29(25,26)3)10-9-21-15-23(30)17-24(31)16-21/h9-10,14,18,20,23-27,30-32H,4-8,11-13,15-17H2,1-3H3/b22-10+/t20-,23-,24-,25-,26+,27+,29-/m1/s1. The van der Waals surface area contributed by atoms with Crippen molar-refractivity contribution in [1.29, 1.82) is 0 Å². The smallest absolute Gasteiger partial charge is 0.0882 e. The second kappa shape index (κ2) is 10.8. The fourth-order valence-electron chi connectivity index (χ4n) is 7.35. The van der Waals surface area contributed by atoms with Crippen LogP contribution in [0.5, 0.6) is 0 Å². The first kappa shape index (κ1) is 25.2. The van der Waals surface area contributed by atoms with Gasteiger partial charge in [-0.3, -0.25) is 0 Å². The summed E-state index contributed by atoms with van der Waals surface area (Å²) < 4.78 is 0. The third-order valence-electron chi connectivity index (χ3n) is 9.01. The molecule has 3 aliphatic carbocycles. The van der Waals surface area contributed by atoms with Crippen LogP contribution in [-0.4, -0.2) is 27.5 Å². The van der Waals surface area contributed by atoms with Gasteiger partial charge in [-0.25, -0.2) is 0 Å². The predicted octanol–water partition coefficient (Wildman–Crippen LogP) is 6.87. The number of hydrogen-bond acceptors (Lipinski definition) is 4. The van der Waals surface area contributed by atoms with E-state index in [1.807, 2.05) is 0 Å². The lowest BCUT2D eigenvalue weighted by molar-refractivity contribution is 0.0609. The van der Waals surface area contributed by atoms with E-state index >= 15 is 0 Å². The van der Waals surface area contributed by atoms with E-state index in [0.717, 1.165) is 23.6 Å². The third-order valence-corrected chi connectivity index (χ3v) is 10.2. The number of fused-ring (bicyclic) bond motifs is 1. The molecule has 0 saturated heterocycles. The summed E-state index contributed by atoms with van der Waals surface area (Å²) in [6.07, 6.45) is 15.0. The van der Waals surface area contributed by atoms with Crippen LogP contribution in [0.15, 0.2) is 34.7 Å². The minimum atomic E-state index is -0.394. The molecule has 7 atom stereocenters. The molecule has 3 saturated carbocycles. The van der Waals surface area contributed by atoms with E-state index in [-0.39, 0.29) is 6.10 Å². The van der Waals surface area contributed by atoms with Gasteiger partial charge in [0.1, 0.15) is 0 Å². The number of rotatable bonds is 7. The zero-order chi connectivity index (χ0) is 23.6. The highest BCUT2D eigenvalue weighted by molar-refractivity contribution is 7.10. The van der Waals surface area contributed by atoms with E-state index in [1.165, 1.54) is 49.7 Å². The van der Waals surface area contributed by atoms with Gasteiger partial charge in [-0.1, -0.05) is 50.0 Å². The lowest BCUT2D eigenvalue weighted by Gasteiger charge is -2.44. The number of aliphatic hydroxyl groups is 3. The Labute approximate surface area is 204 Å². The molecule has 1 heterocycles. The lowest BCUT2D eigenvalue weighted by Crippen LogP contribution is -2.36. The minimum Gasteiger partial charge on any atom is -0.393 e. The zero-order valence-corrected chi connectivity index (χ0v) is 21.6. The molecular formula is C29H44O3S. The molecule has 0 spiro atoms. The molecule has 3 nitrogen and oxygen atoms in total. The number of thiophene rings is 1. The maximum absolute atomic E-state index is 10.6. The number of allylic oxidation sites excluding steroid dienone is 3. The van der Waals surface area contributed by atoms with Gasteiger partial charge in [-0.15, -0.1) is 11.3 Å². The highest BCUT2D eigenvalue weighted by Crippen LogP contribution is 2.60. The molecule has 3 aliphatic rings. The molecule has 0 unspecified atom stereocenters. The van der Waals surface area contributed by atoms with Crippen LogP contribution in [0, 0.1) is 30.1 Å². The van der Waals surface area contributed by atoms with E-state index in [4.69, 9.17) is 0 Å². The molecule has 184 valence electrons. The van der Waals surface area contributed by atoms with Gasteiger partial charge in [0, 0.05) is 4.88 Å². The first-order chi connectivity index (χ1) is 15.8. The Balaban J connectivity index is 1.35. The number of hydrogen-bond donors (Lipinski definition) is 3. The van der Waals surface area contributed by atoms with Crippen molar-refractivity contribution < 1.29 is 15.3 Å². The van der Waals surface area contributed by atoms with Crippen molar-refractivity contribution in [1.82, 2.24) is 0 Å². The topological polar surface area (TPSA) is 60.7 Å². The molecule has 0 aliphatic heterocycles. The second-order valence-electron chi connectivity index (χ2n) is 11.6. The van der Waals surface area contributed by atoms with Crippen LogP contribution in [0.2, 0.25) is 0 Å².